The fourth-order valence-corrected chi connectivity index (χ4v) is 3.83. The van der Waals surface area contributed by atoms with Crippen LogP contribution in [0.15, 0.2) is 47.7 Å². The Labute approximate surface area is 179 Å². The summed E-state index contributed by atoms with van der Waals surface area (Å²) in [7, 11) is 0. The minimum atomic E-state index is -0.492. The van der Waals surface area contributed by atoms with Crippen LogP contribution < -0.4 is 15.8 Å². The topological polar surface area (TPSA) is 95.9 Å². The smallest absolute Gasteiger partial charge is 0.270 e. The Bertz CT molecular complexity index is 1100. The minimum Gasteiger partial charge on any atom is -0.344 e. The second-order valence-electron chi connectivity index (χ2n) is 7.60. The molecule has 2 N–H and O–H groups in total. The van der Waals surface area contributed by atoms with Gasteiger partial charge in [-0.05, 0) is 37.5 Å². The zero-order chi connectivity index (χ0) is 21.8. The van der Waals surface area contributed by atoms with Gasteiger partial charge in [-0.2, -0.15) is 0 Å². The van der Waals surface area contributed by atoms with Gasteiger partial charge in [-0.25, -0.2) is 14.4 Å². The number of aromatic nitrogens is 4. The lowest BCUT2D eigenvalue weighted by molar-refractivity contribution is 0.0927. The molecule has 1 aliphatic rings. The fraction of sp³-hybridized carbons (Fsp3) is 0.364. The van der Waals surface area contributed by atoms with Gasteiger partial charge in [0.15, 0.2) is 0 Å². The van der Waals surface area contributed by atoms with E-state index in [1.54, 1.807) is 23.0 Å². The molecule has 1 amide bonds. The molecule has 9 heteroatoms. The summed E-state index contributed by atoms with van der Waals surface area (Å²) in [6, 6.07) is 6.92. The first-order valence-corrected chi connectivity index (χ1v) is 10.4. The molecule has 0 bridgehead atoms. The van der Waals surface area contributed by atoms with Crippen molar-refractivity contribution in [3.8, 4) is 0 Å². The quantitative estimate of drug-likeness (QED) is 0.607. The average molecular weight is 424 g/mol. The lowest BCUT2D eigenvalue weighted by Crippen LogP contribution is -2.32. The molecule has 4 rings (SSSR count). The summed E-state index contributed by atoms with van der Waals surface area (Å²) in [4.78, 5) is 38.7. The van der Waals surface area contributed by atoms with Crippen molar-refractivity contribution in [3.63, 3.8) is 0 Å². The number of hydrogen-bond acceptors (Lipinski definition) is 5. The largest absolute Gasteiger partial charge is 0.344 e. The van der Waals surface area contributed by atoms with Crippen molar-refractivity contribution < 1.29 is 9.18 Å². The van der Waals surface area contributed by atoms with Gasteiger partial charge in [0.1, 0.15) is 11.5 Å². The maximum absolute atomic E-state index is 13.5. The van der Waals surface area contributed by atoms with Crippen LogP contribution in [0.25, 0.3) is 0 Å². The van der Waals surface area contributed by atoms with Crippen LogP contribution in [0, 0.1) is 5.82 Å². The zero-order valence-corrected chi connectivity index (χ0v) is 17.3. The average Bonchev–Trinajstić information content (AvgIpc) is 3.45. The molecule has 0 saturated carbocycles. The Hall–Kier alpha value is -3.49. The van der Waals surface area contributed by atoms with Gasteiger partial charge < -0.3 is 14.8 Å². The number of rotatable bonds is 7. The number of anilines is 1. The molecular formula is C22H25FN6O2. The molecule has 1 aromatic carbocycles. The van der Waals surface area contributed by atoms with Crippen molar-refractivity contribution >= 4 is 11.9 Å². The van der Waals surface area contributed by atoms with E-state index in [2.05, 4.69) is 25.2 Å². The van der Waals surface area contributed by atoms with E-state index in [0.717, 1.165) is 31.5 Å². The standard InChI is InChI=1S/C22H25FN6O2/c1-2-28-14-24-13-19(28)21(31)26-18(15-5-7-16(23)8-6-15)11-17-12-20(30)27-22(25-17)29-9-3-4-10-29/h5-8,12-14,18H,2-4,9-11H2,1H3,(H,26,31)(H,25,27,30)/t18-/m0/s1. The van der Waals surface area contributed by atoms with Crippen LogP contribution in [0.1, 0.15) is 47.6 Å². The van der Waals surface area contributed by atoms with Crippen molar-refractivity contribution in [2.24, 2.45) is 0 Å². The van der Waals surface area contributed by atoms with Crippen LogP contribution in [-0.4, -0.2) is 38.5 Å². The third-order valence-corrected chi connectivity index (χ3v) is 5.46. The molecule has 3 heterocycles. The Morgan fingerprint density at radius 2 is 2.00 bits per heavy atom. The number of benzene rings is 1. The van der Waals surface area contributed by atoms with Crippen molar-refractivity contribution in [2.45, 2.75) is 38.8 Å². The normalized spacial score (nSPS) is 14.6. The van der Waals surface area contributed by atoms with Crippen LogP contribution in [0.5, 0.6) is 0 Å². The van der Waals surface area contributed by atoms with E-state index in [0.29, 0.717) is 30.3 Å². The molecule has 1 saturated heterocycles. The molecule has 8 nitrogen and oxygen atoms in total. The highest BCUT2D eigenvalue weighted by Crippen LogP contribution is 2.21. The number of aryl methyl sites for hydroxylation is 1. The number of aromatic amines is 1. The number of imidazole rings is 1. The number of nitrogens with one attached hydrogen (secondary N) is 2. The summed E-state index contributed by atoms with van der Waals surface area (Å²) in [5.74, 6) is -0.102. The van der Waals surface area contributed by atoms with Gasteiger partial charge in [0.25, 0.3) is 11.5 Å². The molecule has 1 atom stereocenters. The minimum absolute atomic E-state index is 0.236. The van der Waals surface area contributed by atoms with E-state index in [1.165, 1.54) is 24.4 Å². The number of halogens is 1. The summed E-state index contributed by atoms with van der Waals surface area (Å²) < 4.78 is 15.2. The Kier molecular flexibility index (Phi) is 6.11. The Morgan fingerprint density at radius 3 is 2.71 bits per heavy atom. The van der Waals surface area contributed by atoms with Gasteiger partial charge in [-0.15, -0.1) is 0 Å². The van der Waals surface area contributed by atoms with Gasteiger partial charge in [0.2, 0.25) is 5.95 Å². The zero-order valence-electron chi connectivity index (χ0n) is 17.3. The summed E-state index contributed by atoms with van der Waals surface area (Å²) in [6.07, 6.45) is 5.53. The first-order chi connectivity index (χ1) is 15.0. The van der Waals surface area contributed by atoms with Gasteiger partial charge >= 0.3 is 0 Å². The molecule has 0 unspecified atom stereocenters. The number of hydrogen-bond donors (Lipinski definition) is 2. The lowest BCUT2D eigenvalue weighted by Gasteiger charge is -2.21. The Morgan fingerprint density at radius 1 is 1.26 bits per heavy atom. The predicted octanol–water partition coefficient (Wildman–Crippen LogP) is 2.44. The molecule has 2 aromatic heterocycles. The number of H-pyrrole nitrogens is 1. The van der Waals surface area contributed by atoms with Crippen LogP contribution in [0.2, 0.25) is 0 Å². The molecule has 1 fully saturated rings. The van der Waals surface area contributed by atoms with E-state index in [9.17, 15) is 14.0 Å². The van der Waals surface area contributed by atoms with Crippen LogP contribution in [0.3, 0.4) is 0 Å². The highest BCUT2D eigenvalue weighted by Gasteiger charge is 2.21. The lowest BCUT2D eigenvalue weighted by atomic mass is 10.0. The van der Waals surface area contributed by atoms with E-state index in [-0.39, 0.29) is 17.3 Å². The van der Waals surface area contributed by atoms with Crippen molar-refractivity contribution in [1.29, 1.82) is 0 Å². The van der Waals surface area contributed by atoms with E-state index < -0.39 is 6.04 Å². The first kappa shape index (κ1) is 20.8. The van der Waals surface area contributed by atoms with Crippen molar-refractivity contribution in [1.82, 2.24) is 24.8 Å². The molecule has 162 valence electrons. The van der Waals surface area contributed by atoms with Crippen LogP contribution in [0.4, 0.5) is 10.3 Å². The van der Waals surface area contributed by atoms with E-state index in [1.807, 2.05) is 6.92 Å². The number of carbonyl (C=O) groups excluding carboxylic acids is 1. The summed E-state index contributed by atoms with van der Waals surface area (Å²) in [5, 5.41) is 3.00. The van der Waals surface area contributed by atoms with Crippen LogP contribution in [-0.2, 0) is 13.0 Å². The molecule has 0 aliphatic carbocycles. The third kappa shape index (κ3) is 4.82. The van der Waals surface area contributed by atoms with Gasteiger partial charge in [0.05, 0.1) is 24.3 Å². The van der Waals surface area contributed by atoms with Gasteiger partial charge in [-0.1, -0.05) is 12.1 Å². The fourth-order valence-electron chi connectivity index (χ4n) is 3.83. The van der Waals surface area contributed by atoms with Crippen molar-refractivity contribution in [3.05, 3.63) is 76.0 Å². The summed E-state index contributed by atoms with van der Waals surface area (Å²) in [6.45, 7) is 4.24. The maximum Gasteiger partial charge on any atom is 0.270 e. The molecular weight excluding hydrogens is 399 g/mol. The van der Waals surface area contributed by atoms with Crippen molar-refractivity contribution in [2.75, 3.05) is 18.0 Å². The van der Waals surface area contributed by atoms with Gasteiger partial charge in [0, 0.05) is 32.1 Å². The second kappa shape index (κ2) is 9.11. The molecule has 3 aromatic rings. The number of carbonyl (C=O) groups is 1. The first-order valence-electron chi connectivity index (χ1n) is 10.4. The highest BCUT2D eigenvalue weighted by atomic mass is 19.1. The molecule has 1 aliphatic heterocycles. The van der Waals surface area contributed by atoms with Crippen LogP contribution >= 0.6 is 0 Å². The second-order valence-corrected chi connectivity index (χ2v) is 7.60. The molecule has 0 radical (unpaired) electrons. The number of nitrogens with zero attached hydrogens (tertiary/aromatic N) is 4. The monoisotopic (exact) mass is 424 g/mol. The molecule has 31 heavy (non-hydrogen) atoms. The maximum atomic E-state index is 13.5. The number of amides is 1. The summed E-state index contributed by atoms with van der Waals surface area (Å²) in [5.41, 5.74) is 1.48. The SMILES string of the molecule is CCn1cncc1C(=O)N[C@@H](Cc1cc(=O)[nH]c(N2CCCC2)n1)c1ccc(F)cc1. The van der Waals surface area contributed by atoms with E-state index >= 15 is 0 Å². The highest BCUT2D eigenvalue weighted by molar-refractivity contribution is 5.92. The summed E-state index contributed by atoms with van der Waals surface area (Å²) >= 11 is 0. The molecule has 0 spiro atoms. The third-order valence-electron chi connectivity index (χ3n) is 5.46. The Balaban J connectivity index is 1.62. The van der Waals surface area contributed by atoms with E-state index in [4.69, 9.17) is 0 Å². The predicted molar refractivity (Wildman–Crippen MR) is 115 cm³/mol. The van der Waals surface area contributed by atoms with Gasteiger partial charge in [-0.3, -0.25) is 14.6 Å².